The minimum Gasteiger partial charge on any atom is -0.450 e. The third-order valence-corrected chi connectivity index (χ3v) is 4.91. The lowest BCUT2D eigenvalue weighted by molar-refractivity contribution is -0.133. The first-order valence-corrected chi connectivity index (χ1v) is 9.11. The van der Waals surface area contributed by atoms with Crippen LogP contribution in [0.2, 0.25) is 0 Å². The molecule has 26 heavy (non-hydrogen) atoms. The molecule has 1 unspecified atom stereocenters. The molecule has 0 bridgehead atoms. The van der Waals surface area contributed by atoms with E-state index in [4.69, 9.17) is 4.74 Å². The van der Waals surface area contributed by atoms with Crippen molar-refractivity contribution >= 4 is 24.4 Å². The molecule has 9 heteroatoms. The fraction of sp³-hybridized carbons (Fsp3) is 0.706. The summed E-state index contributed by atoms with van der Waals surface area (Å²) in [5, 5.41) is 7.76. The number of carbonyl (C=O) groups is 2. The largest absolute Gasteiger partial charge is 0.450 e. The lowest BCUT2D eigenvalue weighted by Gasteiger charge is -2.34. The van der Waals surface area contributed by atoms with Crippen LogP contribution in [-0.4, -0.2) is 77.5 Å². The monoisotopic (exact) mass is 385 g/mol. The van der Waals surface area contributed by atoms with Crippen molar-refractivity contribution in [2.24, 2.45) is 0 Å². The molecule has 2 amide bonds. The number of nitrogens with zero attached hydrogens (tertiary/aromatic N) is 4. The molecule has 0 radical (unpaired) electrons. The molecule has 146 valence electrons. The van der Waals surface area contributed by atoms with E-state index >= 15 is 0 Å². The topological polar surface area (TPSA) is 79.7 Å². The summed E-state index contributed by atoms with van der Waals surface area (Å²) < 4.78 is 6.84. The average molecular weight is 386 g/mol. The molecule has 0 aliphatic carbocycles. The highest BCUT2D eigenvalue weighted by molar-refractivity contribution is 5.85. The summed E-state index contributed by atoms with van der Waals surface area (Å²) in [6, 6.07) is 2.02. The molecular formula is C17H28ClN5O3. The number of aromatic nitrogens is 2. The van der Waals surface area contributed by atoms with E-state index in [2.05, 4.69) is 10.4 Å². The van der Waals surface area contributed by atoms with Crippen LogP contribution < -0.4 is 5.32 Å². The summed E-state index contributed by atoms with van der Waals surface area (Å²) in [4.78, 5) is 27.8. The van der Waals surface area contributed by atoms with Crippen molar-refractivity contribution < 1.29 is 14.3 Å². The minimum atomic E-state index is -0.297. The van der Waals surface area contributed by atoms with E-state index in [1.54, 1.807) is 22.9 Å². The highest BCUT2D eigenvalue weighted by atomic mass is 35.5. The molecule has 2 fully saturated rings. The summed E-state index contributed by atoms with van der Waals surface area (Å²) in [6.07, 6.45) is 3.76. The average Bonchev–Trinajstić information content (AvgIpc) is 3.11. The molecule has 1 N–H and O–H groups in total. The molecule has 8 nitrogen and oxygen atoms in total. The minimum absolute atomic E-state index is 0. The fourth-order valence-corrected chi connectivity index (χ4v) is 3.51. The van der Waals surface area contributed by atoms with Crippen LogP contribution in [0.4, 0.5) is 4.79 Å². The number of rotatable bonds is 4. The SMILES string of the molecule is CCOC(=O)N1CCN(C(=O)Cn2nccc2C2CCCNC2)CC1.Cl. The van der Waals surface area contributed by atoms with Crippen molar-refractivity contribution in [2.45, 2.75) is 32.2 Å². The van der Waals surface area contributed by atoms with Gasteiger partial charge in [0.15, 0.2) is 0 Å². The van der Waals surface area contributed by atoms with Crippen LogP contribution >= 0.6 is 12.4 Å². The summed E-state index contributed by atoms with van der Waals surface area (Å²) in [7, 11) is 0. The molecule has 2 aliphatic heterocycles. The molecule has 0 spiro atoms. The zero-order valence-corrected chi connectivity index (χ0v) is 16.0. The standard InChI is InChI=1S/C17H27N5O3.ClH/c1-2-25-17(24)21-10-8-20(9-11-21)16(23)13-22-15(5-7-19-22)14-4-3-6-18-12-14;/h5,7,14,18H,2-4,6,8-13H2,1H3;1H. The van der Waals surface area contributed by atoms with Gasteiger partial charge in [0, 0.05) is 50.5 Å². The molecule has 2 aliphatic rings. The number of hydrogen-bond donors (Lipinski definition) is 1. The molecule has 3 heterocycles. The molecule has 0 aromatic carbocycles. The molecule has 0 saturated carbocycles. The molecule has 2 saturated heterocycles. The van der Waals surface area contributed by atoms with Crippen molar-refractivity contribution in [3.63, 3.8) is 0 Å². The highest BCUT2D eigenvalue weighted by Crippen LogP contribution is 2.22. The van der Waals surface area contributed by atoms with Gasteiger partial charge >= 0.3 is 6.09 Å². The van der Waals surface area contributed by atoms with Crippen LogP contribution in [0, 0.1) is 0 Å². The van der Waals surface area contributed by atoms with Crippen LogP contribution in [0.3, 0.4) is 0 Å². The first-order valence-electron chi connectivity index (χ1n) is 9.11. The van der Waals surface area contributed by atoms with E-state index < -0.39 is 0 Å². The number of amides is 2. The summed E-state index contributed by atoms with van der Waals surface area (Å²) in [6.45, 7) is 6.55. The van der Waals surface area contributed by atoms with Crippen molar-refractivity contribution in [1.29, 1.82) is 0 Å². The molecule has 1 aromatic heterocycles. The second-order valence-electron chi connectivity index (χ2n) is 6.52. The molecule has 3 rings (SSSR count). The molecule has 1 atom stereocenters. The van der Waals surface area contributed by atoms with E-state index in [0.29, 0.717) is 38.7 Å². The van der Waals surface area contributed by atoms with Crippen LogP contribution in [-0.2, 0) is 16.1 Å². The van der Waals surface area contributed by atoms with Gasteiger partial charge in [0.05, 0.1) is 6.61 Å². The predicted molar refractivity (Wildman–Crippen MR) is 99.5 cm³/mol. The van der Waals surface area contributed by atoms with Crippen molar-refractivity contribution in [1.82, 2.24) is 24.9 Å². The first kappa shape index (κ1) is 20.5. The van der Waals surface area contributed by atoms with Gasteiger partial charge in [-0.2, -0.15) is 5.10 Å². The Morgan fingerprint density at radius 2 is 2.00 bits per heavy atom. The van der Waals surface area contributed by atoms with E-state index in [0.717, 1.165) is 31.6 Å². The molecular weight excluding hydrogens is 358 g/mol. The summed E-state index contributed by atoms with van der Waals surface area (Å²) in [5.41, 5.74) is 1.13. The fourth-order valence-electron chi connectivity index (χ4n) is 3.51. The quantitative estimate of drug-likeness (QED) is 0.838. The highest BCUT2D eigenvalue weighted by Gasteiger charge is 2.26. The second-order valence-corrected chi connectivity index (χ2v) is 6.52. The Morgan fingerprint density at radius 3 is 2.65 bits per heavy atom. The van der Waals surface area contributed by atoms with E-state index in [-0.39, 0.29) is 31.0 Å². The van der Waals surface area contributed by atoms with Gasteiger partial charge in [0.25, 0.3) is 0 Å². The third-order valence-electron chi connectivity index (χ3n) is 4.91. The maximum Gasteiger partial charge on any atom is 0.409 e. The summed E-state index contributed by atoms with van der Waals surface area (Å²) >= 11 is 0. The van der Waals surface area contributed by atoms with Crippen molar-refractivity contribution in [2.75, 3.05) is 45.9 Å². The smallest absolute Gasteiger partial charge is 0.409 e. The number of ether oxygens (including phenoxy) is 1. The lowest BCUT2D eigenvalue weighted by Crippen LogP contribution is -2.51. The van der Waals surface area contributed by atoms with Crippen molar-refractivity contribution in [3.8, 4) is 0 Å². The van der Waals surface area contributed by atoms with E-state index in [1.807, 2.05) is 10.7 Å². The number of carbonyl (C=O) groups excluding carboxylic acids is 2. The Morgan fingerprint density at radius 1 is 1.27 bits per heavy atom. The normalized spacial score (nSPS) is 20.4. The van der Waals surface area contributed by atoms with Crippen LogP contribution in [0.25, 0.3) is 0 Å². The van der Waals surface area contributed by atoms with Gasteiger partial charge in [-0.3, -0.25) is 9.48 Å². The van der Waals surface area contributed by atoms with Crippen LogP contribution in [0.15, 0.2) is 12.3 Å². The Bertz CT molecular complexity index is 595. The zero-order chi connectivity index (χ0) is 17.6. The first-order chi connectivity index (χ1) is 12.2. The van der Waals surface area contributed by atoms with Crippen LogP contribution in [0.5, 0.6) is 0 Å². The summed E-state index contributed by atoms with van der Waals surface area (Å²) in [5.74, 6) is 0.474. The Labute approximate surface area is 160 Å². The second kappa shape index (κ2) is 9.78. The van der Waals surface area contributed by atoms with Gasteiger partial charge in [-0.1, -0.05) is 0 Å². The maximum absolute atomic E-state index is 12.6. The van der Waals surface area contributed by atoms with Gasteiger partial charge < -0.3 is 19.9 Å². The number of hydrogen-bond acceptors (Lipinski definition) is 5. The number of piperazine rings is 1. The van der Waals surface area contributed by atoms with Gasteiger partial charge in [0.2, 0.25) is 5.91 Å². The number of halogens is 1. The lowest BCUT2D eigenvalue weighted by atomic mass is 9.96. The van der Waals surface area contributed by atoms with Gasteiger partial charge in [-0.25, -0.2) is 4.79 Å². The molecule has 1 aromatic rings. The Balaban J connectivity index is 0.00000243. The Kier molecular flexibility index (Phi) is 7.71. The third kappa shape index (κ3) is 4.88. The van der Waals surface area contributed by atoms with Gasteiger partial charge in [0.1, 0.15) is 6.54 Å². The van der Waals surface area contributed by atoms with Gasteiger partial charge in [-0.15, -0.1) is 12.4 Å². The predicted octanol–water partition coefficient (Wildman–Crippen LogP) is 1.07. The van der Waals surface area contributed by atoms with Crippen molar-refractivity contribution in [3.05, 3.63) is 18.0 Å². The number of nitrogens with one attached hydrogen (secondary N) is 1. The van der Waals surface area contributed by atoms with Crippen LogP contribution in [0.1, 0.15) is 31.4 Å². The van der Waals surface area contributed by atoms with Gasteiger partial charge in [-0.05, 0) is 32.4 Å². The Hall–Kier alpha value is -1.80. The van der Waals surface area contributed by atoms with E-state index in [1.165, 1.54) is 0 Å². The zero-order valence-electron chi connectivity index (χ0n) is 15.2. The maximum atomic E-state index is 12.6. The van der Waals surface area contributed by atoms with E-state index in [9.17, 15) is 9.59 Å². The number of piperidine rings is 1.